The highest BCUT2D eigenvalue weighted by Gasteiger charge is 2.36. The van der Waals surface area contributed by atoms with Crippen molar-refractivity contribution in [1.82, 2.24) is 10.2 Å². The number of fused-ring (bicyclic) bond motifs is 1. The molecule has 0 aromatic heterocycles. The smallest absolute Gasteiger partial charge is 0.193 e. The lowest BCUT2D eigenvalue weighted by Gasteiger charge is -2.39. The van der Waals surface area contributed by atoms with Crippen LogP contribution in [-0.4, -0.2) is 44.1 Å². The van der Waals surface area contributed by atoms with Gasteiger partial charge in [-0.25, -0.2) is 0 Å². The van der Waals surface area contributed by atoms with Gasteiger partial charge in [0.05, 0.1) is 19.7 Å². The molecule has 4 nitrogen and oxygen atoms in total. The molecule has 0 amide bonds. The lowest BCUT2D eigenvalue weighted by molar-refractivity contribution is -0.0595. The van der Waals surface area contributed by atoms with Gasteiger partial charge in [-0.3, -0.25) is 4.99 Å². The van der Waals surface area contributed by atoms with E-state index in [-0.39, 0.29) is 5.60 Å². The molecule has 0 radical (unpaired) electrons. The Morgan fingerprint density at radius 2 is 2.25 bits per heavy atom. The van der Waals surface area contributed by atoms with Crippen molar-refractivity contribution in [2.45, 2.75) is 25.4 Å². The molecule has 2 aliphatic rings. The number of benzene rings is 1. The summed E-state index contributed by atoms with van der Waals surface area (Å²) in [5.41, 5.74) is 2.53. The Hall–Kier alpha value is -1.55. The molecule has 1 aromatic rings. The summed E-state index contributed by atoms with van der Waals surface area (Å²) in [6.45, 7) is 5.66. The molecule has 1 aromatic carbocycles. The minimum atomic E-state index is -0.221. The molecular formula is C16H23N3O. The third-order valence-corrected chi connectivity index (χ3v) is 4.42. The maximum Gasteiger partial charge on any atom is 0.193 e. The maximum atomic E-state index is 6.20. The van der Waals surface area contributed by atoms with Crippen LogP contribution in [0.15, 0.2) is 29.3 Å². The van der Waals surface area contributed by atoms with Crippen LogP contribution < -0.4 is 5.32 Å². The molecule has 0 aliphatic carbocycles. The minimum absolute atomic E-state index is 0.221. The van der Waals surface area contributed by atoms with E-state index in [1.807, 2.05) is 0 Å². The predicted octanol–water partition coefficient (Wildman–Crippen LogP) is 1.76. The zero-order valence-corrected chi connectivity index (χ0v) is 12.4. The summed E-state index contributed by atoms with van der Waals surface area (Å²) in [5, 5.41) is 3.48. The second-order valence-corrected chi connectivity index (χ2v) is 5.58. The van der Waals surface area contributed by atoms with Crippen molar-refractivity contribution in [3.63, 3.8) is 0 Å². The Bertz CT molecular complexity index is 514. The molecule has 0 saturated heterocycles. The molecule has 1 N–H and O–H groups in total. The number of hydrogen-bond acceptors (Lipinski definition) is 4. The van der Waals surface area contributed by atoms with Crippen molar-refractivity contribution in [1.29, 1.82) is 0 Å². The fourth-order valence-electron chi connectivity index (χ4n) is 3.13. The Morgan fingerprint density at radius 1 is 1.40 bits per heavy atom. The summed E-state index contributed by atoms with van der Waals surface area (Å²) in [7, 11) is 2.08. The quantitative estimate of drug-likeness (QED) is 0.911. The van der Waals surface area contributed by atoms with Crippen molar-refractivity contribution < 1.29 is 4.74 Å². The highest BCUT2D eigenvalue weighted by atomic mass is 16.5. The molecule has 0 saturated carbocycles. The minimum Gasteiger partial charge on any atom is -0.368 e. The van der Waals surface area contributed by atoms with Gasteiger partial charge in [-0.05, 0) is 24.0 Å². The third-order valence-electron chi connectivity index (χ3n) is 4.42. The van der Waals surface area contributed by atoms with Crippen LogP contribution in [0.2, 0.25) is 0 Å². The molecule has 2 aliphatic heterocycles. The molecule has 20 heavy (non-hydrogen) atoms. The molecule has 1 unspecified atom stereocenters. The van der Waals surface area contributed by atoms with E-state index < -0.39 is 0 Å². The molecule has 0 bridgehead atoms. The number of rotatable bonds is 3. The first-order valence-corrected chi connectivity index (χ1v) is 7.47. The highest BCUT2D eigenvalue weighted by Crippen LogP contribution is 2.35. The van der Waals surface area contributed by atoms with Crippen molar-refractivity contribution in [2.75, 3.05) is 33.3 Å². The predicted molar refractivity (Wildman–Crippen MR) is 81.0 cm³/mol. The Kier molecular flexibility index (Phi) is 3.66. The molecular weight excluding hydrogens is 250 g/mol. The number of guanidine groups is 1. The van der Waals surface area contributed by atoms with Gasteiger partial charge in [-0.15, -0.1) is 0 Å². The lowest BCUT2D eigenvalue weighted by Crippen LogP contribution is -2.48. The van der Waals surface area contributed by atoms with Gasteiger partial charge in [0.15, 0.2) is 5.96 Å². The average molecular weight is 273 g/mol. The molecule has 0 spiro atoms. The lowest BCUT2D eigenvalue weighted by atomic mass is 9.84. The first-order chi connectivity index (χ1) is 9.75. The van der Waals surface area contributed by atoms with Crippen LogP contribution in [0.4, 0.5) is 0 Å². The largest absolute Gasteiger partial charge is 0.368 e. The van der Waals surface area contributed by atoms with Crippen LogP contribution in [0.1, 0.15) is 24.5 Å². The maximum absolute atomic E-state index is 6.20. The number of nitrogens with one attached hydrogen (secondary N) is 1. The SMILES string of the molecule is CCC1(CNC2=NCCN2C)OCCc2ccccc21. The fourth-order valence-corrected chi connectivity index (χ4v) is 3.13. The van der Waals surface area contributed by atoms with Crippen molar-refractivity contribution in [2.24, 2.45) is 4.99 Å². The van der Waals surface area contributed by atoms with Crippen LogP contribution in [0.25, 0.3) is 0 Å². The summed E-state index contributed by atoms with van der Waals surface area (Å²) in [5.74, 6) is 0.990. The number of hydrogen-bond donors (Lipinski definition) is 1. The number of aliphatic imine (C=N–C) groups is 1. The van der Waals surface area contributed by atoms with Crippen molar-refractivity contribution >= 4 is 5.96 Å². The van der Waals surface area contributed by atoms with Crippen LogP contribution in [-0.2, 0) is 16.8 Å². The van der Waals surface area contributed by atoms with Crippen LogP contribution in [0.3, 0.4) is 0 Å². The first-order valence-electron chi connectivity index (χ1n) is 7.47. The normalized spacial score (nSPS) is 25.3. The topological polar surface area (TPSA) is 36.9 Å². The van der Waals surface area contributed by atoms with E-state index in [4.69, 9.17) is 4.74 Å². The van der Waals surface area contributed by atoms with Gasteiger partial charge in [0.1, 0.15) is 5.60 Å². The monoisotopic (exact) mass is 273 g/mol. The van der Waals surface area contributed by atoms with Gasteiger partial charge >= 0.3 is 0 Å². The van der Waals surface area contributed by atoms with E-state index in [2.05, 4.69) is 53.4 Å². The summed E-state index contributed by atoms with van der Waals surface area (Å²) in [6, 6.07) is 8.66. The summed E-state index contributed by atoms with van der Waals surface area (Å²) in [4.78, 5) is 6.66. The zero-order valence-electron chi connectivity index (χ0n) is 12.4. The number of likely N-dealkylation sites (N-methyl/N-ethyl adjacent to an activating group) is 1. The van der Waals surface area contributed by atoms with Crippen LogP contribution in [0, 0.1) is 0 Å². The second kappa shape index (κ2) is 5.44. The van der Waals surface area contributed by atoms with Crippen LogP contribution >= 0.6 is 0 Å². The first kappa shape index (κ1) is 13.4. The van der Waals surface area contributed by atoms with E-state index in [9.17, 15) is 0 Å². The number of nitrogens with zero attached hydrogens (tertiary/aromatic N) is 2. The van der Waals surface area contributed by atoms with Crippen molar-refractivity contribution in [3.8, 4) is 0 Å². The number of ether oxygens (including phenoxy) is 1. The van der Waals surface area contributed by atoms with E-state index in [1.54, 1.807) is 0 Å². The van der Waals surface area contributed by atoms with E-state index in [0.717, 1.165) is 45.0 Å². The molecule has 4 heteroatoms. The standard InChI is InChI=1S/C16H23N3O/c1-3-16(12-18-15-17-9-10-19(15)2)14-7-5-4-6-13(14)8-11-20-16/h4-7H,3,8-12H2,1-2H3,(H,17,18). The summed E-state index contributed by atoms with van der Waals surface area (Å²) < 4.78 is 6.20. The molecule has 1 atom stereocenters. The fraction of sp³-hybridized carbons (Fsp3) is 0.562. The van der Waals surface area contributed by atoms with E-state index >= 15 is 0 Å². The van der Waals surface area contributed by atoms with Gasteiger partial charge in [0.25, 0.3) is 0 Å². The molecule has 108 valence electrons. The molecule has 3 rings (SSSR count). The Morgan fingerprint density at radius 3 is 3.00 bits per heavy atom. The Labute approximate surface area is 120 Å². The van der Waals surface area contributed by atoms with Crippen LogP contribution in [0.5, 0.6) is 0 Å². The van der Waals surface area contributed by atoms with E-state index in [1.165, 1.54) is 11.1 Å². The van der Waals surface area contributed by atoms with Gasteiger partial charge in [0.2, 0.25) is 0 Å². The molecule has 2 heterocycles. The summed E-state index contributed by atoms with van der Waals surface area (Å²) in [6.07, 6.45) is 1.98. The van der Waals surface area contributed by atoms with Gasteiger partial charge in [-0.2, -0.15) is 0 Å². The third kappa shape index (κ3) is 2.29. The second-order valence-electron chi connectivity index (χ2n) is 5.58. The van der Waals surface area contributed by atoms with E-state index in [0.29, 0.717) is 0 Å². The zero-order chi connectivity index (χ0) is 14.0. The van der Waals surface area contributed by atoms with Gasteiger partial charge in [-0.1, -0.05) is 31.2 Å². The van der Waals surface area contributed by atoms with Gasteiger partial charge in [0, 0.05) is 13.6 Å². The highest BCUT2D eigenvalue weighted by molar-refractivity contribution is 5.81. The Balaban J connectivity index is 1.82. The van der Waals surface area contributed by atoms with Gasteiger partial charge < -0.3 is 15.0 Å². The average Bonchev–Trinajstić information content (AvgIpc) is 2.90. The van der Waals surface area contributed by atoms with Crippen molar-refractivity contribution in [3.05, 3.63) is 35.4 Å². The molecule has 0 fully saturated rings. The summed E-state index contributed by atoms with van der Waals surface area (Å²) >= 11 is 0.